The minimum atomic E-state index is 0.397. The van der Waals surface area contributed by atoms with Crippen LogP contribution < -0.4 is 5.32 Å². The zero-order valence-electron chi connectivity index (χ0n) is 9.48. The Morgan fingerprint density at radius 2 is 2.13 bits per heavy atom. The first kappa shape index (κ1) is 10.6. The summed E-state index contributed by atoms with van der Waals surface area (Å²) < 4.78 is 1.91. The Hall–Kier alpha value is -0.940. The van der Waals surface area contributed by atoms with E-state index >= 15 is 0 Å². The van der Waals surface area contributed by atoms with Gasteiger partial charge in [-0.1, -0.05) is 5.21 Å². The molecule has 0 amide bonds. The van der Waals surface area contributed by atoms with Gasteiger partial charge in [-0.05, 0) is 13.8 Å². The van der Waals surface area contributed by atoms with Crippen molar-refractivity contribution in [2.24, 2.45) is 0 Å². The van der Waals surface area contributed by atoms with Gasteiger partial charge in [-0.25, -0.2) is 4.68 Å². The highest BCUT2D eigenvalue weighted by Crippen LogP contribution is 2.05. The third-order valence-electron chi connectivity index (χ3n) is 2.68. The van der Waals surface area contributed by atoms with Crippen molar-refractivity contribution in [1.82, 2.24) is 25.2 Å². The summed E-state index contributed by atoms with van der Waals surface area (Å²) in [4.78, 5) is 2.41. The molecule has 1 aliphatic rings. The Morgan fingerprint density at radius 3 is 2.73 bits per heavy atom. The normalized spacial score (nSPS) is 18.6. The summed E-state index contributed by atoms with van der Waals surface area (Å²) in [5.41, 5.74) is 1.07. The van der Waals surface area contributed by atoms with Gasteiger partial charge < -0.3 is 5.32 Å². The largest absolute Gasteiger partial charge is 0.314 e. The smallest absolute Gasteiger partial charge is 0.0967 e. The van der Waals surface area contributed by atoms with E-state index in [1.807, 2.05) is 10.9 Å². The molecule has 1 aromatic rings. The number of hydrogen-bond acceptors (Lipinski definition) is 4. The molecule has 0 bridgehead atoms. The topological polar surface area (TPSA) is 46.0 Å². The van der Waals surface area contributed by atoms with Crippen LogP contribution in [0, 0.1) is 0 Å². The predicted molar refractivity (Wildman–Crippen MR) is 58.6 cm³/mol. The van der Waals surface area contributed by atoms with Gasteiger partial charge in [0.25, 0.3) is 0 Å². The molecule has 1 aliphatic heterocycles. The molecule has 0 saturated carbocycles. The molecule has 1 N–H and O–H groups in total. The highest BCUT2D eigenvalue weighted by atomic mass is 15.4. The van der Waals surface area contributed by atoms with E-state index in [-0.39, 0.29) is 0 Å². The van der Waals surface area contributed by atoms with Gasteiger partial charge in [0, 0.05) is 38.8 Å². The van der Waals surface area contributed by atoms with Crippen molar-refractivity contribution in [2.75, 3.05) is 26.2 Å². The first-order chi connectivity index (χ1) is 7.25. The lowest BCUT2D eigenvalue weighted by Crippen LogP contribution is -2.42. The monoisotopic (exact) mass is 209 g/mol. The molecule has 0 aromatic carbocycles. The van der Waals surface area contributed by atoms with Gasteiger partial charge in [-0.15, -0.1) is 5.10 Å². The highest BCUT2D eigenvalue weighted by Gasteiger charge is 2.12. The Balaban J connectivity index is 1.91. The molecule has 2 rings (SSSR count). The minimum Gasteiger partial charge on any atom is -0.314 e. The Kier molecular flexibility index (Phi) is 3.33. The summed E-state index contributed by atoms with van der Waals surface area (Å²) in [6.45, 7) is 9.53. The van der Waals surface area contributed by atoms with Crippen LogP contribution in [-0.2, 0) is 6.54 Å². The summed E-state index contributed by atoms with van der Waals surface area (Å²) in [5.74, 6) is 0. The molecule has 0 aliphatic carbocycles. The number of nitrogens with zero attached hydrogens (tertiary/aromatic N) is 4. The van der Waals surface area contributed by atoms with E-state index in [1.54, 1.807) is 0 Å². The average molecular weight is 209 g/mol. The summed E-state index contributed by atoms with van der Waals surface area (Å²) in [6, 6.07) is 0.397. The molecular weight excluding hydrogens is 190 g/mol. The van der Waals surface area contributed by atoms with Crippen molar-refractivity contribution < 1.29 is 0 Å². The van der Waals surface area contributed by atoms with E-state index < -0.39 is 0 Å². The molecule has 0 spiro atoms. The second-order valence-corrected chi connectivity index (χ2v) is 4.31. The summed E-state index contributed by atoms with van der Waals surface area (Å²) in [7, 11) is 0. The van der Waals surface area contributed by atoms with Crippen LogP contribution in [0.5, 0.6) is 0 Å². The van der Waals surface area contributed by atoms with Gasteiger partial charge in [0.2, 0.25) is 0 Å². The Bertz CT molecular complexity index is 301. The standard InChI is InChI=1S/C10H19N5/c1-9(2)15-8-10(12-13-15)7-14-5-3-11-4-6-14/h8-9,11H,3-7H2,1-2H3. The number of nitrogens with one attached hydrogen (secondary N) is 1. The number of aromatic nitrogens is 3. The predicted octanol–water partition coefficient (Wildman–Crippen LogP) is 0.264. The van der Waals surface area contributed by atoms with Crippen LogP contribution >= 0.6 is 0 Å². The fraction of sp³-hybridized carbons (Fsp3) is 0.800. The molecule has 1 fully saturated rings. The van der Waals surface area contributed by atoms with Crippen LogP contribution in [0.4, 0.5) is 0 Å². The quantitative estimate of drug-likeness (QED) is 0.776. The maximum absolute atomic E-state index is 4.18. The van der Waals surface area contributed by atoms with E-state index in [0.29, 0.717) is 6.04 Å². The molecule has 0 radical (unpaired) electrons. The average Bonchev–Trinajstić information content (AvgIpc) is 2.68. The van der Waals surface area contributed by atoms with Crippen LogP contribution in [-0.4, -0.2) is 46.1 Å². The number of rotatable bonds is 3. The zero-order valence-corrected chi connectivity index (χ0v) is 9.48. The highest BCUT2D eigenvalue weighted by molar-refractivity contribution is 4.93. The molecular formula is C10H19N5. The molecule has 15 heavy (non-hydrogen) atoms. The van der Waals surface area contributed by atoms with Crippen LogP contribution in [0.2, 0.25) is 0 Å². The van der Waals surface area contributed by atoms with Crippen molar-refractivity contribution in [3.63, 3.8) is 0 Å². The van der Waals surface area contributed by atoms with E-state index in [1.165, 1.54) is 0 Å². The van der Waals surface area contributed by atoms with Gasteiger partial charge in [0.1, 0.15) is 0 Å². The Labute approximate surface area is 90.5 Å². The van der Waals surface area contributed by atoms with Crippen molar-refractivity contribution in [3.8, 4) is 0 Å². The van der Waals surface area contributed by atoms with Gasteiger partial charge in [0.15, 0.2) is 0 Å². The van der Waals surface area contributed by atoms with Gasteiger partial charge in [-0.2, -0.15) is 0 Å². The number of hydrogen-bond donors (Lipinski definition) is 1. The summed E-state index contributed by atoms with van der Waals surface area (Å²) >= 11 is 0. The summed E-state index contributed by atoms with van der Waals surface area (Å²) in [5, 5.41) is 11.6. The van der Waals surface area contributed by atoms with E-state index in [0.717, 1.165) is 38.4 Å². The van der Waals surface area contributed by atoms with E-state index in [9.17, 15) is 0 Å². The van der Waals surface area contributed by atoms with Gasteiger partial charge in [0.05, 0.1) is 11.9 Å². The lowest BCUT2D eigenvalue weighted by molar-refractivity contribution is 0.230. The summed E-state index contributed by atoms with van der Waals surface area (Å²) in [6.07, 6.45) is 2.05. The molecule has 1 saturated heterocycles. The van der Waals surface area contributed by atoms with E-state index in [4.69, 9.17) is 0 Å². The lowest BCUT2D eigenvalue weighted by Gasteiger charge is -2.25. The molecule has 5 heteroatoms. The molecule has 2 heterocycles. The fourth-order valence-corrected chi connectivity index (χ4v) is 1.74. The molecule has 1 aromatic heterocycles. The molecule has 0 atom stereocenters. The first-order valence-corrected chi connectivity index (χ1v) is 5.59. The van der Waals surface area contributed by atoms with Gasteiger partial charge in [-0.3, -0.25) is 4.90 Å². The maximum Gasteiger partial charge on any atom is 0.0967 e. The van der Waals surface area contributed by atoms with Crippen molar-refractivity contribution >= 4 is 0 Å². The van der Waals surface area contributed by atoms with Crippen LogP contribution in [0.15, 0.2) is 6.20 Å². The fourth-order valence-electron chi connectivity index (χ4n) is 1.74. The lowest BCUT2D eigenvalue weighted by atomic mass is 10.3. The van der Waals surface area contributed by atoms with Crippen molar-refractivity contribution in [1.29, 1.82) is 0 Å². The molecule has 84 valence electrons. The molecule has 5 nitrogen and oxygen atoms in total. The second-order valence-electron chi connectivity index (χ2n) is 4.31. The van der Waals surface area contributed by atoms with Gasteiger partial charge >= 0.3 is 0 Å². The third kappa shape index (κ3) is 2.76. The minimum absolute atomic E-state index is 0.397. The second kappa shape index (κ2) is 4.72. The molecule has 0 unspecified atom stereocenters. The third-order valence-corrected chi connectivity index (χ3v) is 2.68. The van der Waals surface area contributed by atoms with Crippen molar-refractivity contribution in [2.45, 2.75) is 26.4 Å². The first-order valence-electron chi connectivity index (χ1n) is 5.59. The SMILES string of the molecule is CC(C)n1cc(CN2CCNCC2)nn1. The maximum atomic E-state index is 4.18. The Morgan fingerprint density at radius 1 is 1.40 bits per heavy atom. The van der Waals surface area contributed by atoms with Crippen LogP contribution in [0.3, 0.4) is 0 Å². The number of piperazine rings is 1. The van der Waals surface area contributed by atoms with Crippen LogP contribution in [0.25, 0.3) is 0 Å². The van der Waals surface area contributed by atoms with Crippen molar-refractivity contribution in [3.05, 3.63) is 11.9 Å². The van der Waals surface area contributed by atoms with E-state index in [2.05, 4.69) is 34.4 Å². The van der Waals surface area contributed by atoms with Crippen LogP contribution in [0.1, 0.15) is 25.6 Å². The zero-order chi connectivity index (χ0) is 10.7.